The van der Waals surface area contributed by atoms with Crippen molar-refractivity contribution < 1.29 is 0 Å². The highest BCUT2D eigenvalue weighted by Gasteiger charge is 2.13. The Morgan fingerprint density at radius 3 is 2.28 bits per heavy atom. The minimum absolute atomic E-state index is 0.0362. The first-order valence-corrected chi connectivity index (χ1v) is 6.15. The van der Waals surface area contributed by atoms with Gasteiger partial charge in [0, 0.05) is 19.4 Å². The highest BCUT2D eigenvalue weighted by atomic mass is 32.1. The van der Waals surface area contributed by atoms with Crippen molar-refractivity contribution in [2.45, 2.75) is 6.04 Å². The molecule has 0 aliphatic rings. The molecule has 1 heterocycles. The first-order chi connectivity index (χ1) is 8.81. The van der Waals surface area contributed by atoms with Gasteiger partial charge < -0.3 is 10.6 Å². The molecule has 0 aliphatic carbocycles. The van der Waals surface area contributed by atoms with Crippen molar-refractivity contribution in [1.82, 2.24) is 15.6 Å². The summed E-state index contributed by atoms with van der Waals surface area (Å²) in [5.41, 5.74) is 2.30. The lowest BCUT2D eigenvalue weighted by molar-refractivity contribution is 0.751. The van der Waals surface area contributed by atoms with E-state index in [1.165, 1.54) is 5.56 Å². The van der Waals surface area contributed by atoms with Crippen LogP contribution in [0.2, 0.25) is 0 Å². The number of pyridine rings is 1. The summed E-state index contributed by atoms with van der Waals surface area (Å²) in [7, 11) is 1.81. The summed E-state index contributed by atoms with van der Waals surface area (Å²) in [6, 6.07) is 14.2. The lowest BCUT2D eigenvalue weighted by atomic mass is 10.00. The van der Waals surface area contributed by atoms with E-state index in [0.717, 1.165) is 5.56 Å². The first kappa shape index (κ1) is 12.5. The zero-order valence-electron chi connectivity index (χ0n) is 10.1. The SMILES string of the molecule is CNC(=S)N[C@H](c1ccccc1)c1ccncc1. The fourth-order valence-corrected chi connectivity index (χ4v) is 1.88. The summed E-state index contributed by atoms with van der Waals surface area (Å²) in [5.74, 6) is 0. The van der Waals surface area contributed by atoms with Gasteiger partial charge in [0.25, 0.3) is 0 Å². The summed E-state index contributed by atoms with van der Waals surface area (Å²) in [6.07, 6.45) is 3.57. The van der Waals surface area contributed by atoms with Gasteiger partial charge in [0.05, 0.1) is 6.04 Å². The van der Waals surface area contributed by atoms with Crippen molar-refractivity contribution in [1.29, 1.82) is 0 Å². The van der Waals surface area contributed by atoms with Gasteiger partial charge in [-0.1, -0.05) is 30.3 Å². The Morgan fingerprint density at radius 1 is 1.06 bits per heavy atom. The van der Waals surface area contributed by atoms with Crippen LogP contribution in [0.4, 0.5) is 0 Å². The number of benzene rings is 1. The third-order valence-electron chi connectivity index (χ3n) is 2.67. The van der Waals surface area contributed by atoms with Crippen LogP contribution in [0.1, 0.15) is 17.2 Å². The monoisotopic (exact) mass is 257 g/mol. The van der Waals surface area contributed by atoms with Gasteiger partial charge in [-0.15, -0.1) is 0 Å². The Bertz CT molecular complexity index is 459. The highest BCUT2D eigenvalue weighted by Crippen LogP contribution is 2.20. The largest absolute Gasteiger partial charge is 0.366 e. The van der Waals surface area contributed by atoms with Crippen molar-refractivity contribution in [2.24, 2.45) is 0 Å². The molecule has 2 aromatic rings. The lowest BCUT2D eigenvalue weighted by Crippen LogP contribution is -2.36. The molecule has 4 heteroatoms. The molecule has 0 radical (unpaired) electrons. The summed E-state index contributed by atoms with van der Waals surface area (Å²) in [4.78, 5) is 4.04. The predicted octanol–water partition coefficient (Wildman–Crippen LogP) is 2.26. The summed E-state index contributed by atoms with van der Waals surface area (Å²) in [5, 5.41) is 6.86. The predicted molar refractivity (Wildman–Crippen MR) is 77.3 cm³/mol. The average molecular weight is 257 g/mol. The molecule has 18 heavy (non-hydrogen) atoms. The smallest absolute Gasteiger partial charge is 0.166 e. The second-order valence-electron chi connectivity index (χ2n) is 3.85. The number of nitrogens with zero attached hydrogens (tertiary/aromatic N) is 1. The number of thiocarbonyl (C=S) groups is 1. The van der Waals surface area contributed by atoms with Crippen molar-refractivity contribution in [2.75, 3.05) is 7.05 Å². The van der Waals surface area contributed by atoms with Gasteiger partial charge in [-0.2, -0.15) is 0 Å². The molecule has 1 aromatic heterocycles. The Morgan fingerprint density at radius 2 is 1.67 bits per heavy atom. The summed E-state index contributed by atoms with van der Waals surface area (Å²) < 4.78 is 0. The van der Waals surface area contributed by atoms with E-state index in [1.54, 1.807) is 12.4 Å². The zero-order chi connectivity index (χ0) is 12.8. The van der Waals surface area contributed by atoms with E-state index in [2.05, 4.69) is 27.8 Å². The molecule has 0 saturated carbocycles. The van der Waals surface area contributed by atoms with E-state index < -0.39 is 0 Å². The van der Waals surface area contributed by atoms with Gasteiger partial charge in [-0.05, 0) is 35.5 Å². The van der Waals surface area contributed by atoms with Crippen molar-refractivity contribution in [3.8, 4) is 0 Å². The molecule has 1 atom stereocenters. The Hall–Kier alpha value is -1.94. The summed E-state index contributed by atoms with van der Waals surface area (Å²) in [6.45, 7) is 0. The van der Waals surface area contributed by atoms with Gasteiger partial charge in [-0.3, -0.25) is 4.98 Å². The Kier molecular flexibility index (Phi) is 4.25. The minimum Gasteiger partial charge on any atom is -0.366 e. The number of rotatable bonds is 3. The lowest BCUT2D eigenvalue weighted by Gasteiger charge is -2.20. The molecule has 0 unspecified atom stereocenters. The average Bonchev–Trinajstić information content (AvgIpc) is 2.46. The molecule has 0 saturated heterocycles. The quantitative estimate of drug-likeness (QED) is 0.827. The van der Waals surface area contributed by atoms with Crippen LogP contribution in [0.5, 0.6) is 0 Å². The van der Waals surface area contributed by atoms with Crippen LogP contribution in [-0.4, -0.2) is 17.1 Å². The topological polar surface area (TPSA) is 37.0 Å². The van der Waals surface area contributed by atoms with E-state index in [9.17, 15) is 0 Å². The fourth-order valence-electron chi connectivity index (χ4n) is 1.76. The molecular weight excluding hydrogens is 242 g/mol. The van der Waals surface area contributed by atoms with Crippen LogP contribution >= 0.6 is 12.2 Å². The van der Waals surface area contributed by atoms with Crippen LogP contribution in [0.3, 0.4) is 0 Å². The van der Waals surface area contributed by atoms with Crippen molar-refractivity contribution in [3.63, 3.8) is 0 Å². The second kappa shape index (κ2) is 6.12. The van der Waals surface area contributed by atoms with Crippen molar-refractivity contribution >= 4 is 17.3 Å². The molecule has 3 nitrogen and oxygen atoms in total. The fraction of sp³-hybridized carbons (Fsp3) is 0.143. The number of aromatic nitrogens is 1. The van der Waals surface area contributed by atoms with Gasteiger partial charge in [0.1, 0.15) is 0 Å². The molecule has 0 fully saturated rings. The molecule has 0 amide bonds. The number of hydrogen-bond acceptors (Lipinski definition) is 2. The highest BCUT2D eigenvalue weighted by molar-refractivity contribution is 7.80. The zero-order valence-corrected chi connectivity index (χ0v) is 10.9. The van der Waals surface area contributed by atoms with E-state index in [-0.39, 0.29) is 6.04 Å². The molecule has 2 rings (SSSR count). The van der Waals surface area contributed by atoms with Crippen LogP contribution in [0.25, 0.3) is 0 Å². The van der Waals surface area contributed by atoms with E-state index >= 15 is 0 Å². The molecular formula is C14H15N3S. The third kappa shape index (κ3) is 3.05. The molecule has 0 spiro atoms. The Balaban J connectivity index is 2.32. The maximum Gasteiger partial charge on any atom is 0.166 e. The first-order valence-electron chi connectivity index (χ1n) is 5.74. The summed E-state index contributed by atoms with van der Waals surface area (Å²) >= 11 is 5.19. The van der Waals surface area contributed by atoms with Gasteiger partial charge in [0.2, 0.25) is 0 Å². The maximum atomic E-state index is 5.19. The molecule has 2 N–H and O–H groups in total. The van der Waals surface area contributed by atoms with Crippen LogP contribution in [-0.2, 0) is 0 Å². The molecule has 1 aromatic carbocycles. The van der Waals surface area contributed by atoms with Crippen LogP contribution in [0, 0.1) is 0 Å². The van der Waals surface area contributed by atoms with Gasteiger partial charge in [0.15, 0.2) is 5.11 Å². The van der Waals surface area contributed by atoms with E-state index in [4.69, 9.17) is 12.2 Å². The van der Waals surface area contributed by atoms with Crippen LogP contribution in [0.15, 0.2) is 54.9 Å². The Labute approximate surface area is 112 Å². The second-order valence-corrected chi connectivity index (χ2v) is 4.26. The standard InChI is InChI=1S/C14H15N3S/c1-15-14(18)17-13(11-5-3-2-4-6-11)12-7-9-16-10-8-12/h2-10,13H,1H3,(H2,15,17,18)/t13-/m1/s1. The van der Waals surface area contributed by atoms with E-state index in [1.807, 2.05) is 37.4 Å². The van der Waals surface area contributed by atoms with E-state index in [0.29, 0.717) is 5.11 Å². The molecule has 0 aliphatic heterocycles. The van der Waals surface area contributed by atoms with Gasteiger partial charge >= 0.3 is 0 Å². The van der Waals surface area contributed by atoms with Crippen molar-refractivity contribution in [3.05, 3.63) is 66.0 Å². The maximum absolute atomic E-state index is 5.19. The third-order valence-corrected chi connectivity index (χ3v) is 3.00. The normalized spacial score (nSPS) is 11.6. The van der Waals surface area contributed by atoms with Crippen LogP contribution < -0.4 is 10.6 Å². The number of nitrogens with one attached hydrogen (secondary N) is 2. The molecule has 0 bridgehead atoms. The number of hydrogen-bond donors (Lipinski definition) is 2. The van der Waals surface area contributed by atoms with Gasteiger partial charge in [-0.25, -0.2) is 0 Å². The minimum atomic E-state index is 0.0362. The molecule has 92 valence electrons.